The lowest BCUT2D eigenvalue weighted by Gasteiger charge is -2.34. The van der Waals surface area contributed by atoms with Gasteiger partial charge in [0.1, 0.15) is 5.75 Å². The fourth-order valence-electron chi connectivity index (χ4n) is 3.18. The number of ether oxygens (including phenoxy) is 1. The van der Waals surface area contributed by atoms with Crippen LogP contribution in [0.2, 0.25) is 0 Å². The Morgan fingerprint density at radius 2 is 1.70 bits per heavy atom. The second-order valence-corrected chi connectivity index (χ2v) is 7.00. The number of nitrogens with one attached hydrogen (secondary N) is 1. The van der Waals surface area contributed by atoms with Crippen molar-refractivity contribution in [3.8, 4) is 5.75 Å². The predicted octanol–water partition coefficient (Wildman–Crippen LogP) is 2.91. The van der Waals surface area contributed by atoms with Crippen LogP contribution in [0.1, 0.15) is 18.9 Å². The number of carbonyl (C=O) groups is 1. The van der Waals surface area contributed by atoms with Crippen molar-refractivity contribution in [1.29, 1.82) is 0 Å². The molecule has 1 amide bonds. The molecular weight excluding hydrogens is 338 g/mol. The summed E-state index contributed by atoms with van der Waals surface area (Å²) in [6.45, 7) is 6.77. The van der Waals surface area contributed by atoms with E-state index >= 15 is 0 Å². The Morgan fingerprint density at radius 3 is 2.33 bits per heavy atom. The lowest BCUT2D eigenvalue weighted by atomic mass is 10.1. The third kappa shape index (κ3) is 5.47. The molecule has 1 aliphatic heterocycles. The summed E-state index contributed by atoms with van der Waals surface area (Å²) in [4.78, 5) is 17.2. The average Bonchev–Trinajstić information content (AvgIpc) is 2.72. The van der Waals surface area contributed by atoms with Gasteiger partial charge in [-0.05, 0) is 43.3 Å². The van der Waals surface area contributed by atoms with Gasteiger partial charge in [0.2, 0.25) is 0 Å². The normalized spacial score (nSPS) is 16.0. The van der Waals surface area contributed by atoms with Crippen molar-refractivity contribution in [1.82, 2.24) is 10.2 Å². The molecule has 1 heterocycles. The fourth-order valence-corrected chi connectivity index (χ4v) is 3.18. The molecule has 0 radical (unpaired) electrons. The van der Waals surface area contributed by atoms with Crippen LogP contribution >= 0.6 is 0 Å². The van der Waals surface area contributed by atoms with E-state index in [1.807, 2.05) is 37.3 Å². The number of benzene rings is 2. The van der Waals surface area contributed by atoms with Crippen LogP contribution in [0.15, 0.2) is 54.6 Å². The number of anilines is 1. The van der Waals surface area contributed by atoms with Crippen molar-refractivity contribution in [3.63, 3.8) is 0 Å². The van der Waals surface area contributed by atoms with Gasteiger partial charge >= 0.3 is 0 Å². The monoisotopic (exact) mass is 367 g/mol. The van der Waals surface area contributed by atoms with Crippen molar-refractivity contribution in [2.24, 2.45) is 0 Å². The Hall–Kier alpha value is -2.53. The molecule has 1 fully saturated rings. The van der Waals surface area contributed by atoms with Gasteiger partial charge in [-0.2, -0.15) is 0 Å². The topological polar surface area (TPSA) is 44.8 Å². The number of amides is 1. The molecule has 3 rings (SSSR count). The van der Waals surface area contributed by atoms with Gasteiger partial charge < -0.3 is 19.9 Å². The molecule has 2 aromatic rings. The van der Waals surface area contributed by atoms with Crippen molar-refractivity contribution in [2.45, 2.75) is 26.0 Å². The number of carbonyl (C=O) groups excluding carboxylic acids is 1. The first-order valence-electron chi connectivity index (χ1n) is 9.67. The summed E-state index contributed by atoms with van der Waals surface area (Å²) in [6.07, 6.45) is 0.153. The highest BCUT2D eigenvalue weighted by molar-refractivity contribution is 5.81. The number of nitrogens with zero attached hydrogens (tertiary/aromatic N) is 2. The summed E-state index contributed by atoms with van der Waals surface area (Å²) in [5, 5.41) is 2.99. The van der Waals surface area contributed by atoms with Gasteiger partial charge in [0.15, 0.2) is 6.10 Å². The van der Waals surface area contributed by atoms with E-state index in [2.05, 4.69) is 46.4 Å². The molecule has 0 saturated carbocycles. The lowest BCUT2D eigenvalue weighted by Crippen LogP contribution is -2.44. The molecular formula is C22H29N3O2. The second kappa shape index (κ2) is 9.42. The van der Waals surface area contributed by atoms with Crippen LogP contribution in [0.5, 0.6) is 5.75 Å². The van der Waals surface area contributed by atoms with Crippen molar-refractivity contribution in [2.75, 3.05) is 38.1 Å². The van der Waals surface area contributed by atoms with Crippen molar-refractivity contribution in [3.05, 3.63) is 60.2 Å². The smallest absolute Gasteiger partial charge is 0.261 e. The minimum Gasteiger partial charge on any atom is -0.481 e. The van der Waals surface area contributed by atoms with E-state index in [0.717, 1.165) is 37.5 Å². The van der Waals surface area contributed by atoms with E-state index < -0.39 is 6.10 Å². The number of rotatable bonds is 7. The molecule has 5 heteroatoms. The maximum atomic E-state index is 12.4. The Labute approximate surface area is 161 Å². The van der Waals surface area contributed by atoms with Crippen molar-refractivity contribution >= 4 is 11.6 Å². The number of para-hydroxylation sites is 1. The summed E-state index contributed by atoms with van der Waals surface area (Å²) in [5.41, 5.74) is 2.34. The summed E-state index contributed by atoms with van der Waals surface area (Å²) in [5.74, 6) is 0.639. The van der Waals surface area contributed by atoms with Gasteiger partial charge in [0, 0.05) is 38.4 Å². The van der Waals surface area contributed by atoms with Crippen LogP contribution in [0.4, 0.5) is 5.69 Å². The Morgan fingerprint density at radius 1 is 1.04 bits per heavy atom. The fraction of sp³-hybridized carbons (Fsp3) is 0.409. The minimum atomic E-state index is -0.475. The average molecular weight is 367 g/mol. The second-order valence-electron chi connectivity index (χ2n) is 7.00. The van der Waals surface area contributed by atoms with Gasteiger partial charge in [-0.1, -0.05) is 37.3 Å². The zero-order chi connectivity index (χ0) is 19.1. The van der Waals surface area contributed by atoms with Gasteiger partial charge in [-0.25, -0.2) is 0 Å². The Balaban J connectivity index is 1.50. The van der Waals surface area contributed by atoms with E-state index in [1.54, 1.807) is 0 Å². The van der Waals surface area contributed by atoms with Crippen LogP contribution in [-0.4, -0.2) is 50.1 Å². The molecule has 0 aromatic heterocycles. The third-order valence-corrected chi connectivity index (χ3v) is 4.96. The molecule has 1 aliphatic rings. The highest BCUT2D eigenvalue weighted by Crippen LogP contribution is 2.17. The van der Waals surface area contributed by atoms with Gasteiger partial charge in [0.25, 0.3) is 5.91 Å². The van der Waals surface area contributed by atoms with Gasteiger partial charge in [0.05, 0.1) is 0 Å². The summed E-state index contributed by atoms with van der Waals surface area (Å²) in [7, 11) is 2.16. The lowest BCUT2D eigenvalue weighted by molar-refractivity contribution is -0.128. The quantitative estimate of drug-likeness (QED) is 0.817. The molecule has 5 nitrogen and oxygen atoms in total. The summed E-state index contributed by atoms with van der Waals surface area (Å²) >= 11 is 0. The van der Waals surface area contributed by atoms with Crippen molar-refractivity contribution < 1.29 is 9.53 Å². The van der Waals surface area contributed by atoms with Crippen LogP contribution in [0.25, 0.3) is 0 Å². The maximum Gasteiger partial charge on any atom is 0.261 e. The first-order valence-corrected chi connectivity index (χ1v) is 9.67. The number of hydrogen-bond acceptors (Lipinski definition) is 4. The summed E-state index contributed by atoms with van der Waals surface area (Å²) < 4.78 is 5.80. The maximum absolute atomic E-state index is 12.4. The Kier molecular flexibility index (Phi) is 6.71. The molecule has 1 N–H and O–H groups in total. The van der Waals surface area contributed by atoms with E-state index in [4.69, 9.17) is 4.74 Å². The Bertz CT molecular complexity index is 710. The van der Waals surface area contributed by atoms with Crippen LogP contribution in [0, 0.1) is 0 Å². The van der Waals surface area contributed by atoms with Crippen LogP contribution in [0.3, 0.4) is 0 Å². The third-order valence-electron chi connectivity index (χ3n) is 4.96. The first-order chi connectivity index (χ1) is 13.2. The van der Waals surface area contributed by atoms with Crippen LogP contribution in [-0.2, 0) is 11.3 Å². The molecule has 0 unspecified atom stereocenters. The largest absolute Gasteiger partial charge is 0.481 e. The zero-order valence-electron chi connectivity index (χ0n) is 16.2. The van der Waals surface area contributed by atoms with E-state index in [9.17, 15) is 4.79 Å². The van der Waals surface area contributed by atoms with Gasteiger partial charge in [-0.3, -0.25) is 4.79 Å². The molecule has 1 saturated heterocycles. The zero-order valence-corrected chi connectivity index (χ0v) is 16.2. The molecule has 144 valence electrons. The predicted molar refractivity (Wildman–Crippen MR) is 109 cm³/mol. The SMILES string of the molecule is CC[C@@H](Oc1ccccc1)C(=O)NCc1ccc(N2CCN(C)CC2)cc1. The van der Waals surface area contributed by atoms with E-state index in [-0.39, 0.29) is 5.91 Å². The number of likely N-dealkylation sites (N-methyl/N-ethyl adjacent to an activating group) is 1. The van der Waals surface area contributed by atoms with Crippen LogP contribution < -0.4 is 15.0 Å². The minimum absolute atomic E-state index is 0.0792. The standard InChI is InChI=1S/C22H29N3O2/c1-3-21(27-20-7-5-4-6-8-20)22(26)23-17-18-9-11-19(12-10-18)25-15-13-24(2)14-16-25/h4-12,21H,3,13-17H2,1-2H3,(H,23,26)/t21-/m1/s1. The first kappa shape index (κ1) is 19.2. The molecule has 0 aliphatic carbocycles. The molecule has 27 heavy (non-hydrogen) atoms. The highest BCUT2D eigenvalue weighted by atomic mass is 16.5. The molecule has 0 spiro atoms. The van der Waals surface area contributed by atoms with Gasteiger partial charge in [-0.15, -0.1) is 0 Å². The molecule has 1 atom stereocenters. The van der Waals surface area contributed by atoms with E-state index in [0.29, 0.717) is 13.0 Å². The summed E-state index contributed by atoms with van der Waals surface area (Å²) in [6, 6.07) is 17.9. The number of hydrogen-bond donors (Lipinski definition) is 1. The highest BCUT2D eigenvalue weighted by Gasteiger charge is 2.18. The molecule has 0 bridgehead atoms. The van der Waals surface area contributed by atoms with E-state index in [1.165, 1.54) is 5.69 Å². The molecule has 2 aromatic carbocycles. The number of piperazine rings is 1.